The Morgan fingerprint density at radius 2 is 1.19 bits per heavy atom. The molecular weight excluding hydrogens is 384 g/mol. The van der Waals surface area contributed by atoms with Crippen molar-refractivity contribution >= 4 is 0 Å². The molecule has 31 heavy (non-hydrogen) atoms. The minimum atomic E-state index is 0.270. The highest BCUT2D eigenvalue weighted by Crippen LogP contribution is 2.36. The molecule has 0 unspecified atom stereocenters. The van der Waals surface area contributed by atoms with Crippen molar-refractivity contribution in [2.75, 3.05) is 13.2 Å². The molecule has 3 aromatic carbocycles. The van der Waals surface area contributed by atoms with Crippen molar-refractivity contribution in [1.82, 2.24) is 4.57 Å². The third kappa shape index (κ3) is 3.69. The van der Waals surface area contributed by atoms with Crippen LogP contribution in [0, 0.1) is 0 Å². The number of ether oxygens (including phenoxy) is 2. The predicted octanol–water partition coefficient (Wildman–Crippen LogP) is 4.57. The SMILES string of the molecule is c1ccc(-c2c(-c3ccccc3)[n+](C[C@@H]3CO3)c(-c3ccccc3)n2C[C@H]2CO2)cc1. The molecule has 3 heterocycles. The lowest BCUT2D eigenvalue weighted by molar-refractivity contribution is -0.676. The summed E-state index contributed by atoms with van der Waals surface area (Å²) in [6, 6.07) is 32.2. The molecule has 2 fully saturated rings. The van der Waals surface area contributed by atoms with E-state index in [1.54, 1.807) is 0 Å². The normalized spacial score (nSPS) is 19.4. The van der Waals surface area contributed by atoms with E-state index in [0.29, 0.717) is 0 Å². The Labute approximate surface area is 182 Å². The lowest BCUT2D eigenvalue weighted by Crippen LogP contribution is -2.40. The lowest BCUT2D eigenvalue weighted by atomic mass is 10.0. The van der Waals surface area contributed by atoms with Gasteiger partial charge in [-0.1, -0.05) is 78.9 Å². The largest absolute Gasteiger partial charge is 0.369 e. The first-order chi connectivity index (χ1) is 15.4. The third-order valence-electron chi connectivity index (χ3n) is 5.98. The molecule has 2 atom stereocenters. The zero-order chi connectivity index (χ0) is 20.6. The molecular formula is C27H25N2O2+. The second kappa shape index (κ2) is 7.80. The van der Waals surface area contributed by atoms with Crippen LogP contribution in [0.2, 0.25) is 0 Å². The number of imidazole rings is 1. The number of hydrogen-bond acceptors (Lipinski definition) is 2. The van der Waals surface area contributed by atoms with Crippen molar-refractivity contribution < 1.29 is 14.0 Å². The third-order valence-corrected chi connectivity index (χ3v) is 5.98. The van der Waals surface area contributed by atoms with E-state index in [2.05, 4.69) is 100 Å². The number of epoxide rings is 2. The van der Waals surface area contributed by atoms with E-state index in [-0.39, 0.29) is 12.2 Å². The summed E-state index contributed by atoms with van der Waals surface area (Å²) in [5.41, 5.74) is 6.12. The molecule has 0 bridgehead atoms. The maximum Gasteiger partial charge on any atom is 0.290 e. The minimum Gasteiger partial charge on any atom is -0.369 e. The standard InChI is InChI=1S/C27H25N2O2/c1-4-10-20(11-5-1)25-26(21-12-6-2-7-13-21)29(17-24-19-31-24)27(22-14-8-3-9-15-22)28(25)16-23-18-30-23/h1-15,23-24H,16-19H2/q+1/t23-,24+. The Hall–Kier alpha value is -3.21. The molecule has 154 valence electrons. The monoisotopic (exact) mass is 409 g/mol. The van der Waals surface area contributed by atoms with Crippen molar-refractivity contribution in [2.45, 2.75) is 25.3 Å². The number of nitrogens with zero attached hydrogens (tertiary/aromatic N) is 2. The average molecular weight is 410 g/mol. The first-order valence-electron chi connectivity index (χ1n) is 10.9. The lowest BCUT2D eigenvalue weighted by Gasteiger charge is -2.05. The molecule has 6 rings (SSSR count). The first kappa shape index (κ1) is 18.6. The van der Waals surface area contributed by atoms with Crippen LogP contribution in [0.3, 0.4) is 0 Å². The van der Waals surface area contributed by atoms with E-state index in [1.807, 2.05) is 0 Å². The highest BCUT2D eigenvalue weighted by Gasteiger charge is 2.39. The summed E-state index contributed by atoms with van der Waals surface area (Å²) in [5.74, 6) is 1.21. The van der Waals surface area contributed by atoms with Gasteiger partial charge in [-0.2, -0.15) is 0 Å². The first-order valence-corrected chi connectivity index (χ1v) is 10.9. The van der Waals surface area contributed by atoms with Gasteiger partial charge in [0.1, 0.15) is 25.3 Å². The van der Waals surface area contributed by atoms with E-state index >= 15 is 0 Å². The van der Waals surface area contributed by atoms with Crippen LogP contribution < -0.4 is 4.57 Å². The molecule has 4 aromatic rings. The van der Waals surface area contributed by atoms with Crippen molar-refractivity contribution in [3.8, 4) is 33.9 Å². The topological polar surface area (TPSA) is 33.9 Å². The van der Waals surface area contributed by atoms with Gasteiger partial charge in [0.25, 0.3) is 5.82 Å². The fourth-order valence-electron chi connectivity index (χ4n) is 4.40. The van der Waals surface area contributed by atoms with Gasteiger partial charge in [-0.15, -0.1) is 0 Å². The van der Waals surface area contributed by atoms with Crippen LogP contribution in [0.15, 0.2) is 91.0 Å². The molecule has 4 heteroatoms. The summed E-state index contributed by atoms with van der Waals surface area (Å²) >= 11 is 0. The predicted molar refractivity (Wildman–Crippen MR) is 120 cm³/mol. The maximum atomic E-state index is 5.69. The van der Waals surface area contributed by atoms with Crippen molar-refractivity contribution in [1.29, 1.82) is 0 Å². The Morgan fingerprint density at radius 1 is 0.677 bits per heavy atom. The van der Waals surface area contributed by atoms with Crippen LogP contribution in [-0.4, -0.2) is 30.0 Å². The maximum absolute atomic E-state index is 5.69. The number of benzene rings is 3. The van der Waals surface area contributed by atoms with Gasteiger partial charge in [0.15, 0.2) is 11.4 Å². The van der Waals surface area contributed by atoms with Crippen molar-refractivity contribution in [2.24, 2.45) is 0 Å². The van der Waals surface area contributed by atoms with Gasteiger partial charge in [0.05, 0.1) is 18.8 Å². The minimum absolute atomic E-state index is 0.270. The van der Waals surface area contributed by atoms with Crippen LogP contribution in [0.25, 0.3) is 33.9 Å². The summed E-state index contributed by atoms with van der Waals surface area (Å²) in [6.07, 6.45) is 0.540. The second-order valence-corrected chi connectivity index (χ2v) is 8.25. The zero-order valence-corrected chi connectivity index (χ0v) is 17.4. The fraction of sp³-hybridized carbons (Fsp3) is 0.222. The smallest absolute Gasteiger partial charge is 0.290 e. The van der Waals surface area contributed by atoms with Gasteiger partial charge in [-0.3, -0.25) is 0 Å². The highest BCUT2D eigenvalue weighted by atomic mass is 16.6. The van der Waals surface area contributed by atoms with Gasteiger partial charge in [-0.05, 0) is 12.1 Å². The van der Waals surface area contributed by atoms with E-state index < -0.39 is 0 Å². The van der Waals surface area contributed by atoms with Crippen LogP contribution in [0.4, 0.5) is 0 Å². The molecule has 0 spiro atoms. The molecule has 4 nitrogen and oxygen atoms in total. The van der Waals surface area contributed by atoms with Crippen LogP contribution >= 0.6 is 0 Å². The number of hydrogen-bond donors (Lipinski definition) is 0. The quantitative estimate of drug-likeness (QED) is 0.331. The summed E-state index contributed by atoms with van der Waals surface area (Å²) in [6.45, 7) is 3.33. The van der Waals surface area contributed by atoms with E-state index in [4.69, 9.17) is 9.47 Å². The Bertz CT molecular complexity index is 1100. The Morgan fingerprint density at radius 3 is 1.74 bits per heavy atom. The van der Waals surface area contributed by atoms with E-state index in [1.165, 1.54) is 33.9 Å². The summed E-state index contributed by atoms with van der Waals surface area (Å²) < 4.78 is 16.3. The van der Waals surface area contributed by atoms with Gasteiger partial charge in [0.2, 0.25) is 0 Å². The van der Waals surface area contributed by atoms with Gasteiger partial charge in [0, 0.05) is 11.1 Å². The number of rotatable bonds is 7. The zero-order valence-electron chi connectivity index (χ0n) is 17.4. The van der Waals surface area contributed by atoms with Gasteiger partial charge < -0.3 is 9.47 Å². The molecule has 0 aliphatic carbocycles. The summed E-state index contributed by atoms with van der Waals surface area (Å²) in [4.78, 5) is 0. The molecule has 1 aromatic heterocycles. The second-order valence-electron chi connectivity index (χ2n) is 8.25. The number of aromatic nitrogens is 2. The Balaban J connectivity index is 1.69. The highest BCUT2D eigenvalue weighted by molar-refractivity contribution is 5.79. The van der Waals surface area contributed by atoms with E-state index in [9.17, 15) is 0 Å². The molecule has 0 radical (unpaired) electrons. The molecule has 0 amide bonds. The van der Waals surface area contributed by atoms with Crippen LogP contribution in [0.5, 0.6) is 0 Å². The van der Waals surface area contributed by atoms with Crippen LogP contribution in [0.1, 0.15) is 0 Å². The van der Waals surface area contributed by atoms with Crippen molar-refractivity contribution in [3.63, 3.8) is 0 Å². The summed E-state index contributed by atoms with van der Waals surface area (Å²) in [7, 11) is 0. The molecule has 2 saturated heterocycles. The average Bonchev–Trinajstić information content (AvgIpc) is 3.75. The van der Waals surface area contributed by atoms with Gasteiger partial charge >= 0.3 is 0 Å². The van der Waals surface area contributed by atoms with Crippen molar-refractivity contribution in [3.05, 3.63) is 91.0 Å². The molecule has 0 N–H and O–H groups in total. The molecule has 0 saturated carbocycles. The van der Waals surface area contributed by atoms with E-state index in [0.717, 1.165) is 26.3 Å². The molecule has 2 aliphatic heterocycles. The van der Waals surface area contributed by atoms with Crippen LogP contribution in [-0.2, 0) is 22.6 Å². The van der Waals surface area contributed by atoms with Gasteiger partial charge in [-0.25, -0.2) is 9.13 Å². The fourth-order valence-corrected chi connectivity index (χ4v) is 4.40. The summed E-state index contributed by atoms with van der Waals surface area (Å²) in [5, 5.41) is 0. The molecule has 2 aliphatic rings. The Kier molecular flexibility index (Phi) is 4.67.